The standard InChI is InChI=1S/C20H17N3O3/c1-12-10-16-15(11-17(12)26-14-6-4-3-5-7-14)13(2)23-18(19(16)24)20(25)22-9-8-21/h3-7,10-11,24H,9H2,1-2H3,(H,22,25). The van der Waals surface area contributed by atoms with Crippen LogP contribution in [0.2, 0.25) is 0 Å². The normalized spacial score (nSPS) is 10.3. The molecule has 130 valence electrons. The van der Waals surface area contributed by atoms with Gasteiger partial charge in [-0.3, -0.25) is 4.79 Å². The summed E-state index contributed by atoms with van der Waals surface area (Å²) in [5.74, 6) is 0.554. The summed E-state index contributed by atoms with van der Waals surface area (Å²) in [4.78, 5) is 16.3. The Hall–Kier alpha value is -3.59. The van der Waals surface area contributed by atoms with Gasteiger partial charge in [0, 0.05) is 16.5 Å². The lowest BCUT2D eigenvalue weighted by Gasteiger charge is -2.14. The highest BCUT2D eigenvalue weighted by Crippen LogP contribution is 2.35. The van der Waals surface area contributed by atoms with E-state index < -0.39 is 5.91 Å². The van der Waals surface area contributed by atoms with Crippen molar-refractivity contribution >= 4 is 16.7 Å². The fourth-order valence-electron chi connectivity index (χ4n) is 2.68. The maximum absolute atomic E-state index is 12.1. The van der Waals surface area contributed by atoms with Crippen molar-refractivity contribution in [3.8, 4) is 23.3 Å². The molecule has 0 saturated heterocycles. The third-order valence-electron chi connectivity index (χ3n) is 3.98. The van der Waals surface area contributed by atoms with Crippen LogP contribution in [0.15, 0.2) is 42.5 Å². The van der Waals surface area contributed by atoms with Gasteiger partial charge in [-0.25, -0.2) is 4.98 Å². The van der Waals surface area contributed by atoms with E-state index in [-0.39, 0.29) is 18.0 Å². The zero-order chi connectivity index (χ0) is 18.7. The molecule has 6 heteroatoms. The predicted octanol–water partition coefficient (Wildman–Crippen LogP) is 3.60. The quantitative estimate of drug-likeness (QED) is 0.703. The lowest BCUT2D eigenvalue weighted by Crippen LogP contribution is -2.24. The third kappa shape index (κ3) is 3.28. The molecule has 0 aliphatic carbocycles. The van der Waals surface area contributed by atoms with Crippen molar-refractivity contribution in [2.75, 3.05) is 6.54 Å². The molecular formula is C20H17N3O3. The molecule has 26 heavy (non-hydrogen) atoms. The number of nitrogens with zero attached hydrogens (tertiary/aromatic N) is 2. The molecule has 0 aliphatic heterocycles. The number of carbonyl (C=O) groups is 1. The molecule has 2 aromatic carbocycles. The highest BCUT2D eigenvalue weighted by molar-refractivity contribution is 6.03. The highest BCUT2D eigenvalue weighted by Gasteiger charge is 2.19. The van der Waals surface area contributed by atoms with Crippen molar-refractivity contribution in [1.29, 1.82) is 5.26 Å². The van der Waals surface area contributed by atoms with Crippen LogP contribution in [0.4, 0.5) is 0 Å². The molecule has 0 spiro atoms. The number of carbonyl (C=O) groups excluding carboxylic acids is 1. The Morgan fingerprint density at radius 3 is 2.65 bits per heavy atom. The first-order chi connectivity index (χ1) is 12.5. The van der Waals surface area contributed by atoms with Crippen molar-refractivity contribution in [2.24, 2.45) is 0 Å². The van der Waals surface area contributed by atoms with Crippen molar-refractivity contribution < 1.29 is 14.6 Å². The Morgan fingerprint density at radius 2 is 1.96 bits per heavy atom. The lowest BCUT2D eigenvalue weighted by molar-refractivity contribution is 0.0950. The topological polar surface area (TPSA) is 95.2 Å². The number of benzene rings is 2. The average Bonchev–Trinajstić information content (AvgIpc) is 2.64. The lowest BCUT2D eigenvalue weighted by atomic mass is 10.0. The Balaban J connectivity index is 2.07. The molecule has 2 N–H and O–H groups in total. The van der Waals surface area contributed by atoms with Gasteiger partial charge in [-0.15, -0.1) is 0 Å². The fraction of sp³-hybridized carbons (Fsp3) is 0.150. The van der Waals surface area contributed by atoms with Crippen LogP contribution >= 0.6 is 0 Å². The van der Waals surface area contributed by atoms with E-state index in [0.29, 0.717) is 28.0 Å². The minimum atomic E-state index is -0.587. The number of nitrogens with one attached hydrogen (secondary N) is 1. The van der Waals surface area contributed by atoms with Crippen molar-refractivity contribution in [1.82, 2.24) is 10.3 Å². The van der Waals surface area contributed by atoms with Crippen molar-refractivity contribution in [3.05, 3.63) is 59.4 Å². The monoisotopic (exact) mass is 347 g/mol. The Bertz CT molecular complexity index is 1020. The summed E-state index contributed by atoms with van der Waals surface area (Å²) in [6.07, 6.45) is 0. The first-order valence-electron chi connectivity index (χ1n) is 8.03. The van der Waals surface area contributed by atoms with Gasteiger partial charge in [0.15, 0.2) is 11.4 Å². The van der Waals surface area contributed by atoms with E-state index >= 15 is 0 Å². The molecule has 0 unspecified atom stereocenters. The predicted molar refractivity (Wildman–Crippen MR) is 97.3 cm³/mol. The van der Waals surface area contributed by atoms with Crippen LogP contribution < -0.4 is 10.1 Å². The summed E-state index contributed by atoms with van der Waals surface area (Å²) in [6.45, 7) is 3.47. The molecule has 1 amide bonds. The van der Waals surface area contributed by atoms with Gasteiger partial charge >= 0.3 is 0 Å². The molecule has 1 heterocycles. The summed E-state index contributed by atoms with van der Waals surface area (Å²) < 4.78 is 5.92. The van der Waals surface area contributed by atoms with E-state index in [4.69, 9.17) is 10.00 Å². The van der Waals surface area contributed by atoms with E-state index in [1.807, 2.05) is 43.3 Å². The average molecular weight is 347 g/mol. The molecule has 6 nitrogen and oxygen atoms in total. The van der Waals surface area contributed by atoms with Crippen LogP contribution in [0.5, 0.6) is 17.2 Å². The number of para-hydroxylation sites is 1. The van der Waals surface area contributed by atoms with Gasteiger partial charge in [-0.2, -0.15) is 5.26 Å². The summed E-state index contributed by atoms with van der Waals surface area (Å²) in [5.41, 5.74) is 1.30. The maximum Gasteiger partial charge on any atom is 0.274 e. The molecule has 0 radical (unpaired) electrons. The summed E-state index contributed by atoms with van der Waals surface area (Å²) in [7, 11) is 0. The summed E-state index contributed by atoms with van der Waals surface area (Å²) >= 11 is 0. The van der Waals surface area contributed by atoms with Crippen LogP contribution in [-0.4, -0.2) is 22.5 Å². The fourth-order valence-corrected chi connectivity index (χ4v) is 2.68. The number of ether oxygens (including phenoxy) is 1. The number of aromatic hydroxyl groups is 1. The molecule has 3 rings (SSSR count). The Kier molecular flexibility index (Phi) is 4.72. The van der Waals surface area contributed by atoms with Gasteiger partial charge in [0.2, 0.25) is 0 Å². The van der Waals surface area contributed by atoms with Crippen LogP contribution in [0.25, 0.3) is 10.8 Å². The van der Waals surface area contributed by atoms with E-state index in [9.17, 15) is 9.90 Å². The maximum atomic E-state index is 12.1. The number of rotatable bonds is 4. The summed E-state index contributed by atoms with van der Waals surface area (Å²) in [6, 6.07) is 14.8. The van der Waals surface area contributed by atoms with Crippen LogP contribution in [0, 0.1) is 25.2 Å². The molecule has 0 saturated carbocycles. The second-order valence-corrected chi connectivity index (χ2v) is 5.81. The zero-order valence-corrected chi connectivity index (χ0v) is 14.4. The largest absolute Gasteiger partial charge is 0.505 e. The molecule has 3 aromatic rings. The van der Waals surface area contributed by atoms with Gasteiger partial charge in [0.1, 0.15) is 18.0 Å². The minimum absolute atomic E-state index is 0.0959. The Labute approximate surface area is 150 Å². The minimum Gasteiger partial charge on any atom is -0.505 e. The molecule has 1 aromatic heterocycles. The smallest absolute Gasteiger partial charge is 0.274 e. The third-order valence-corrected chi connectivity index (χ3v) is 3.98. The molecule has 0 atom stereocenters. The molecule has 0 bridgehead atoms. The second kappa shape index (κ2) is 7.11. The number of hydrogen-bond acceptors (Lipinski definition) is 5. The second-order valence-electron chi connectivity index (χ2n) is 5.81. The zero-order valence-electron chi connectivity index (χ0n) is 14.4. The van der Waals surface area contributed by atoms with E-state index in [0.717, 1.165) is 5.56 Å². The number of hydrogen-bond donors (Lipinski definition) is 2. The first-order valence-corrected chi connectivity index (χ1v) is 8.03. The molecule has 0 aliphatic rings. The van der Waals surface area contributed by atoms with Gasteiger partial charge < -0.3 is 15.2 Å². The van der Waals surface area contributed by atoms with Gasteiger partial charge in [0.25, 0.3) is 5.91 Å². The van der Waals surface area contributed by atoms with Gasteiger partial charge in [0.05, 0.1) is 6.07 Å². The van der Waals surface area contributed by atoms with E-state index in [1.54, 1.807) is 19.1 Å². The van der Waals surface area contributed by atoms with E-state index in [2.05, 4.69) is 10.3 Å². The van der Waals surface area contributed by atoms with Crippen molar-refractivity contribution in [3.63, 3.8) is 0 Å². The summed E-state index contributed by atoms with van der Waals surface area (Å²) in [5, 5.41) is 22.7. The number of nitriles is 1. The Morgan fingerprint density at radius 1 is 1.23 bits per heavy atom. The van der Waals surface area contributed by atoms with Crippen LogP contribution in [0.3, 0.4) is 0 Å². The first kappa shape index (κ1) is 17.2. The van der Waals surface area contributed by atoms with Crippen LogP contribution in [-0.2, 0) is 0 Å². The van der Waals surface area contributed by atoms with Gasteiger partial charge in [-0.1, -0.05) is 18.2 Å². The number of pyridine rings is 1. The highest BCUT2D eigenvalue weighted by atomic mass is 16.5. The molecule has 0 fully saturated rings. The van der Waals surface area contributed by atoms with Crippen molar-refractivity contribution in [2.45, 2.75) is 13.8 Å². The number of aryl methyl sites for hydroxylation is 2. The number of aromatic nitrogens is 1. The number of fused-ring (bicyclic) bond motifs is 1. The van der Waals surface area contributed by atoms with Crippen LogP contribution in [0.1, 0.15) is 21.7 Å². The number of amides is 1. The van der Waals surface area contributed by atoms with Gasteiger partial charge in [-0.05, 0) is 43.7 Å². The van der Waals surface area contributed by atoms with E-state index in [1.165, 1.54) is 0 Å². The molecular weight excluding hydrogens is 330 g/mol. The SMILES string of the molecule is Cc1cc2c(O)c(C(=O)NCC#N)nc(C)c2cc1Oc1ccccc1.